The normalized spacial score (nSPS) is 14.2. The number of hydrogen-bond acceptors (Lipinski definition) is 2. The van der Waals surface area contributed by atoms with Crippen molar-refractivity contribution < 1.29 is 15.0 Å². The second-order valence-corrected chi connectivity index (χ2v) is 5.50. The number of carbonyl (C=O) groups is 1. The van der Waals surface area contributed by atoms with Gasteiger partial charge in [0.15, 0.2) is 0 Å². The van der Waals surface area contributed by atoms with Crippen LogP contribution in [0.1, 0.15) is 69.4 Å². The third kappa shape index (κ3) is 4.34. The molecule has 0 amide bonds. The van der Waals surface area contributed by atoms with Crippen molar-refractivity contribution in [2.24, 2.45) is 0 Å². The maximum absolute atomic E-state index is 11.2. The Morgan fingerprint density at radius 2 is 1.50 bits per heavy atom. The highest BCUT2D eigenvalue weighted by Gasteiger charge is 2.25. The van der Waals surface area contributed by atoms with Gasteiger partial charge in [-0.2, -0.15) is 0 Å². The molecule has 3 nitrogen and oxygen atoms in total. The predicted octanol–water partition coefficient (Wildman–Crippen LogP) is 3.92. The van der Waals surface area contributed by atoms with Gasteiger partial charge in [-0.1, -0.05) is 51.0 Å². The van der Waals surface area contributed by atoms with Gasteiger partial charge in [0, 0.05) is 0 Å². The molecule has 112 valence electrons. The molecule has 0 bridgehead atoms. The summed E-state index contributed by atoms with van der Waals surface area (Å²) in [6.07, 6.45) is 3.73. The lowest BCUT2D eigenvalue weighted by molar-refractivity contribution is -0.141. The molecule has 1 rings (SSSR count). The van der Waals surface area contributed by atoms with E-state index >= 15 is 0 Å². The maximum Gasteiger partial charge on any atom is 0.313 e. The first kappa shape index (κ1) is 16.7. The first-order valence-corrected chi connectivity index (χ1v) is 7.51. The molecule has 0 spiro atoms. The number of rotatable bonds is 8. The molecule has 0 aliphatic rings. The Hall–Kier alpha value is -1.35. The third-order valence-corrected chi connectivity index (χ3v) is 3.79. The minimum Gasteiger partial charge on any atom is -0.481 e. The summed E-state index contributed by atoms with van der Waals surface area (Å²) < 4.78 is 0. The van der Waals surface area contributed by atoms with Crippen molar-refractivity contribution >= 4 is 5.97 Å². The molecule has 0 aromatic heterocycles. The molecule has 1 aromatic rings. The second kappa shape index (κ2) is 8.05. The molecule has 1 aromatic carbocycles. The number of hydrogen-bond donors (Lipinski definition) is 2. The molecule has 0 fully saturated rings. The molecule has 1 unspecified atom stereocenters. The summed E-state index contributed by atoms with van der Waals surface area (Å²) in [6.45, 7) is 5.89. The van der Waals surface area contributed by atoms with Crippen LogP contribution in [-0.2, 0) is 4.79 Å². The van der Waals surface area contributed by atoms with E-state index < -0.39 is 18.0 Å². The van der Waals surface area contributed by atoms with E-state index in [0.29, 0.717) is 11.5 Å². The fraction of sp³-hybridized carbons (Fsp3) is 0.588. The van der Waals surface area contributed by atoms with Crippen LogP contribution in [0.5, 0.6) is 0 Å². The van der Waals surface area contributed by atoms with E-state index in [4.69, 9.17) is 0 Å². The van der Waals surface area contributed by atoms with Crippen molar-refractivity contribution in [2.45, 2.75) is 64.4 Å². The van der Waals surface area contributed by atoms with Crippen LogP contribution >= 0.6 is 0 Å². The number of carboxylic acid groups (broad SMARTS) is 1. The lowest BCUT2D eigenvalue weighted by Gasteiger charge is -2.19. The van der Waals surface area contributed by atoms with E-state index in [1.54, 1.807) is 0 Å². The lowest BCUT2D eigenvalue weighted by Crippen LogP contribution is -2.23. The van der Waals surface area contributed by atoms with E-state index in [1.165, 1.54) is 12.5 Å². The molecule has 0 aliphatic heterocycles. The summed E-state index contributed by atoms with van der Waals surface area (Å²) in [5, 5.41) is 18.8. The first-order chi connectivity index (χ1) is 9.51. The van der Waals surface area contributed by atoms with Crippen molar-refractivity contribution in [3.05, 3.63) is 35.4 Å². The molecule has 2 atom stereocenters. The molecular formula is C17H26O3. The van der Waals surface area contributed by atoms with E-state index in [2.05, 4.69) is 13.8 Å². The minimum absolute atomic E-state index is 0.550. The minimum atomic E-state index is -0.980. The zero-order valence-corrected chi connectivity index (χ0v) is 12.7. The summed E-state index contributed by atoms with van der Waals surface area (Å²) in [4.78, 5) is 11.2. The summed E-state index contributed by atoms with van der Waals surface area (Å²) in [6, 6.07) is 7.73. The van der Waals surface area contributed by atoms with E-state index in [1.807, 2.05) is 24.3 Å². The van der Waals surface area contributed by atoms with Crippen LogP contribution in [0.2, 0.25) is 0 Å². The number of aliphatic carboxylic acids is 1. The van der Waals surface area contributed by atoms with Gasteiger partial charge < -0.3 is 10.2 Å². The molecule has 3 heteroatoms. The Balaban J connectivity index is 2.93. The topological polar surface area (TPSA) is 57.5 Å². The Bertz CT molecular complexity index is 403. The van der Waals surface area contributed by atoms with E-state index in [0.717, 1.165) is 25.7 Å². The van der Waals surface area contributed by atoms with Gasteiger partial charge in [0.05, 0.1) is 6.10 Å². The number of aliphatic hydroxyl groups excluding tert-OH is 1. The van der Waals surface area contributed by atoms with Crippen LogP contribution in [-0.4, -0.2) is 22.3 Å². The second-order valence-electron chi connectivity index (χ2n) is 5.50. The number of aliphatic hydroxyl groups is 1. The quantitative estimate of drug-likeness (QED) is 0.757. The van der Waals surface area contributed by atoms with Crippen LogP contribution in [0, 0.1) is 0 Å². The van der Waals surface area contributed by atoms with Crippen molar-refractivity contribution in [1.29, 1.82) is 0 Å². The Morgan fingerprint density at radius 1 is 1.05 bits per heavy atom. The molecule has 0 radical (unpaired) electrons. The van der Waals surface area contributed by atoms with Gasteiger partial charge in [0.25, 0.3) is 0 Å². The van der Waals surface area contributed by atoms with Crippen molar-refractivity contribution in [3.8, 4) is 0 Å². The van der Waals surface area contributed by atoms with E-state index in [-0.39, 0.29) is 0 Å². The molecule has 0 saturated heterocycles. The van der Waals surface area contributed by atoms with Gasteiger partial charge in [-0.15, -0.1) is 0 Å². The van der Waals surface area contributed by atoms with Gasteiger partial charge in [-0.3, -0.25) is 4.79 Å². The zero-order valence-electron chi connectivity index (χ0n) is 12.7. The Morgan fingerprint density at radius 3 is 1.85 bits per heavy atom. The molecule has 0 heterocycles. The summed E-state index contributed by atoms with van der Waals surface area (Å²) in [7, 11) is 0. The SMILES string of the molecule is CCCC(CCC)c1ccc(C(C(=O)O)[C@@H](C)O)cc1. The highest BCUT2D eigenvalue weighted by molar-refractivity contribution is 5.76. The Labute approximate surface area is 121 Å². The van der Waals surface area contributed by atoms with Crippen LogP contribution in [0.15, 0.2) is 24.3 Å². The highest BCUT2D eigenvalue weighted by Crippen LogP contribution is 2.28. The van der Waals surface area contributed by atoms with Gasteiger partial charge in [0.1, 0.15) is 5.92 Å². The molecular weight excluding hydrogens is 252 g/mol. The predicted molar refractivity (Wildman–Crippen MR) is 81.1 cm³/mol. The molecule has 0 saturated carbocycles. The highest BCUT2D eigenvalue weighted by atomic mass is 16.4. The maximum atomic E-state index is 11.2. The average Bonchev–Trinajstić information content (AvgIpc) is 2.38. The van der Waals surface area contributed by atoms with Crippen LogP contribution in [0.3, 0.4) is 0 Å². The van der Waals surface area contributed by atoms with Gasteiger partial charge >= 0.3 is 5.97 Å². The van der Waals surface area contributed by atoms with Crippen molar-refractivity contribution in [2.75, 3.05) is 0 Å². The van der Waals surface area contributed by atoms with Gasteiger partial charge in [-0.05, 0) is 36.8 Å². The zero-order chi connectivity index (χ0) is 15.1. The van der Waals surface area contributed by atoms with Gasteiger partial charge in [0.2, 0.25) is 0 Å². The van der Waals surface area contributed by atoms with Crippen LogP contribution in [0.25, 0.3) is 0 Å². The van der Waals surface area contributed by atoms with E-state index in [9.17, 15) is 15.0 Å². The standard InChI is InChI=1S/C17H26O3/c1-4-6-13(7-5-2)14-8-10-15(11-9-14)16(12(3)18)17(19)20/h8-13,16,18H,4-7H2,1-3H3,(H,19,20)/t12-,16?/m1/s1. The van der Waals surface area contributed by atoms with Crippen LogP contribution < -0.4 is 0 Å². The monoisotopic (exact) mass is 278 g/mol. The summed E-state index contributed by atoms with van der Waals surface area (Å²) in [5.41, 5.74) is 1.94. The average molecular weight is 278 g/mol. The third-order valence-electron chi connectivity index (χ3n) is 3.79. The summed E-state index contributed by atoms with van der Waals surface area (Å²) >= 11 is 0. The van der Waals surface area contributed by atoms with Crippen LogP contribution in [0.4, 0.5) is 0 Å². The first-order valence-electron chi connectivity index (χ1n) is 7.51. The lowest BCUT2D eigenvalue weighted by atomic mass is 9.87. The van der Waals surface area contributed by atoms with Crippen molar-refractivity contribution in [1.82, 2.24) is 0 Å². The largest absolute Gasteiger partial charge is 0.481 e. The summed E-state index contributed by atoms with van der Waals surface area (Å²) in [5.74, 6) is -1.28. The number of benzene rings is 1. The van der Waals surface area contributed by atoms with Crippen molar-refractivity contribution in [3.63, 3.8) is 0 Å². The molecule has 0 aliphatic carbocycles. The molecule has 20 heavy (non-hydrogen) atoms. The smallest absolute Gasteiger partial charge is 0.313 e. The molecule has 2 N–H and O–H groups in total. The Kier molecular flexibility index (Phi) is 6.73. The fourth-order valence-electron chi connectivity index (χ4n) is 2.78. The van der Waals surface area contributed by atoms with Gasteiger partial charge in [-0.25, -0.2) is 0 Å². The fourth-order valence-corrected chi connectivity index (χ4v) is 2.78. The number of carboxylic acids is 1.